The smallest absolute Gasteiger partial charge is 0.319 e. The zero-order valence-corrected chi connectivity index (χ0v) is 27.3. The molecule has 0 saturated carbocycles. The van der Waals surface area contributed by atoms with Crippen LogP contribution < -0.4 is 15.4 Å². The highest BCUT2D eigenvalue weighted by Gasteiger charge is 2.20. The number of amides is 3. The zero-order valence-electron chi connectivity index (χ0n) is 26.4. The van der Waals surface area contributed by atoms with Crippen molar-refractivity contribution in [3.8, 4) is 22.1 Å². The van der Waals surface area contributed by atoms with Gasteiger partial charge < -0.3 is 20.3 Å². The minimum atomic E-state index is -0.587. The molecule has 4 heterocycles. The van der Waals surface area contributed by atoms with E-state index < -0.39 is 5.82 Å². The number of nitrogens with zero attached hydrogens (tertiary/aromatic N) is 3. The summed E-state index contributed by atoms with van der Waals surface area (Å²) in [6.07, 6.45) is 8.88. The molecule has 3 unspecified atom stereocenters. The number of pyridine rings is 2. The molecule has 5 rings (SSSR count). The largest absolute Gasteiger partial charge is 0.453 e. The highest BCUT2D eigenvalue weighted by molar-refractivity contribution is 7.22. The number of fused-ring (bicyclic) bond motifs is 1. The summed E-state index contributed by atoms with van der Waals surface area (Å²) >= 11 is 1.47. The third kappa shape index (κ3) is 8.16. The summed E-state index contributed by atoms with van der Waals surface area (Å²) in [4.78, 5) is 36.8. The van der Waals surface area contributed by atoms with Crippen molar-refractivity contribution in [1.29, 1.82) is 0 Å². The van der Waals surface area contributed by atoms with Crippen molar-refractivity contribution in [2.45, 2.75) is 78.8 Å². The number of piperidine rings is 1. The topological polar surface area (TPSA) is 96.5 Å². The lowest BCUT2D eigenvalue weighted by atomic mass is 9.87. The number of anilines is 1. The maximum absolute atomic E-state index is 15.2. The lowest BCUT2D eigenvalue weighted by molar-refractivity contribution is -0.133. The van der Waals surface area contributed by atoms with E-state index in [0.717, 1.165) is 65.0 Å². The Bertz CT molecular complexity index is 1630. The molecular formula is C35H42FN5O3S. The summed E-state index contributed by atoms with van der Waals surface area (Å²) in [6, 6.07) is 11.7. The molecule has 3 aromatic heterocycles. The number of urea groups is 1. The monoisotopic (exact) mass is 631 g/mol. The van der Waals surface area contributed by atoms with E-state index in [0.29, 0.717) is 36.2 Å². The van der Waals surface area contributed by atoms with Gasteiger partial charge in [-0.2, -0.15) is 0 Å². The SMILES string of the molecule is CCC(CC(C)C(C)CC)NC(=O)Nc1ccc(Oc2ccnc3cc(-c4ccc(CN5CCCCC5=O)cn4)sc23)c(F)c1. The molecule has 0 radical (unpaired) electrons. The van der Waals surface area contributed by atoms with Crippen LogP contribution in [0.3, 0.4) is 0 Å². The number of carbonyl (C=O) groups is 2. The van der Waals surface area contributed by atoms with E-state index in [9.17, 15) is 9.59 Å². The van der Waals surface area contributed by atoms with Crippen molar-refractivity contribution < 1.29 is 18.7 Å². The van der Waals surface area contributed by atoms with Crippen LogP contribution in [-0.2, 0) is 11.3 Å². The third-order valence-corrected chi connectivity index (χ3v) is 9.92. The summed E-state index contributed by atoms with van der Waals surface area (Å²) < 4.78 is 22.0. The van der Waals surface area contributed by atoms with Crippen LogP contribution >= 0.6 is 11.3 Å². The van der Waals surface area contributed by atoms with E-state index in [-0.39, 0.29) is 23.7 Å². The second-order valence-corrected chi connectivity index (χ2v) is 13.1. The molecule has 0 spiro atoms. The average molecular weight is 632 g/mol. The van der Waals surface area contributed by atoms with E-state index in [1.807, 2.05) is 29.3 Å². The second-order valence-electron chi connectivity index (χ2n) is 12.0. The maximum atomic E-state index is 15.2. The fourth-order valence-electron chi connectivity index (χ4n) is 5.58. The van der Waals surface area contributed by atoms with E-state index in [4.69, 9.17) is 4.74 Å². The fraction of sp³-hybridized carbons (Fsp3) is 0.429. The maximum Gasteiger partial charge on any atom is 0.319 e. The number of aromatic nitrogens is 2. The van der Waals surface area contributed by atoms with Crippen LogP contribution in [0.15, 0.2) is 54.9 Å². The Labute approximate surface area is 268 Å². The third-order valence-electron chi connectivity index (χ3n) is 8.76. The first-order valence-electron chi connectivity index (χ1n) is 15.9. The molecule has 1 aliphatic rings. The number of thiophene rings is 1. The summed E-state index contributed by atoms with van der Waals surface area (Å²) in [6.45, 7) is 10.0. The van der Waals surface area contributed by atoms with E-state index in [2.05, 4.69) is 48.3 Å². The highest BCUT2D eigenvalue weighted by Crippen LogP contribution is 2.39. The predicted octanol–water partition coefficient (Wildman–Crippen LogP) is 8.77. The quantitative estimate of drug-likeness (QED) is 0.163. The van der Waals surface area contributed by atoms with Crippen molar-refractivity contribution in [1.82, 2.24) is 20.2 Å². The van der Waals surface area contributed by atoms with E-state index in [1.165, 1.54) is 23.5 Å². The number of hydrogen-bond donors (Lipinski definition) is 2. The summed E-state index contributed by atoms with van der Waals surface area (Å²) in [7, 11) is 0. The Kier molecular flexibility index (Phi) is 10.7. The van der Waals surface area contributed by atoms with Gasteiger partial charge in [-0.3, -0.25) is 14.8 Å². The Hall–Kier alpha value is -4.05. The minimum absolute atomic E-state index is 0.0459. The molecule has 1 saturated heterocycles. The first-order chi connectivity index (χ1) is 21.7. The van der Waals surface area contributed by atoms with Gasteiger partial charge in [0.05, 0.1) is 20.8 Å². The predicted molar refractivity (Wildman–Crippen MR) is 178 cm³/mol. The van der Waals surface area contributed by atoms with Gasteiger partial charge in [-0.05, 0) is 67.3 Å². The molecule has 4 aromatic rings. The van der Waals surface area contributed by atoms with Crippen LogP contribution in [0, 0.1) is 17.7 Å². The first kappa shape index (κ1) is 32.3. The molecule has 0 bridgehead atoms. The van der Waals surface area contributed by atoms with Crippen LogP contribution in [-0.4, -0.2) is 39.4 Å². The van der Waals surface area contributed by atoms with Gasteiger partial charge in [-0.15, -0.1) is 11.3 Å². The van der Waals surface area contributed by atoms with E-state index >= 15 is 4.39 Å². The Balaban J connectivity index is 1.23. The van der Waals surface area contributed by atoms with Gasteiger partial charge in [0.25, 0.3) is 0 Å². The molecule has 2 N–H and O–H groups in total. The Morgan fingerprint density at radius 1 is 1.04 bits per heavy atom. The van der Waals surface area contributed by atoms with Gasteiger partial charge in [-0.25, -0.2) is 9.18 Å². The second kappa shape index (κ2) is 14.8. The molecule has 0 aliphatic carbocycles. The van der Waals surface area contributed by atoms with Gasteiger partial charge >= 0.3 is 6.03 Å². The average Bonchev–Trinajstić information content (AvgIpc) is 3.48. The lowest BCUT2D eigenvalue weighted by Gasteiger charge is -2.26. The molecular weight excluding hydrogens is 589 g/mol. The number of hydrogen-bond acceptors (Lipinski definition) is 6. The summed E-state index contributed by atoms with van der Waals surface area (Å²) in [5.74, 6) is 1.22. The van der Waals surface area contributed by atoms with Crippen LogP contribution in [0.25, 0.3) is 20.8 Å². The minimum Gasteiger partial charge on any atom is -0.453 e. The number of carbonyl (C=O) groups excluding carboxylic acids is 2. The number of nitrogens with one attached hydrogen (secondary N) is 2. The molecule has 1 aliphatic heterocycles. The van der Waals surface area contributed by atoms with Gasteiger partial charge in [0.15, 0.2) is 11.6 Å². The Morgan fingerprint density at radius 3 is 2.60 bits per heavy atom. The fourth-order valence-corrected chi connectivity index (χ4v) is 6.62. The number of rotatable bonds is 12. The number of ether oxygens (including phenoxy) is 1. The molecule has 1 fully saturated rings. The number of halogens is 1. The van der Waals surface area contributed by atoms with Crippen molar-refractivity contribution in [3.05, 3.63) is 66.2 Å². The van der Waals surface area contributed by atoms with Crippen molar-refractivity contribution in [2.24, 2.45) is 11.8 Å². The molecule has 10 heteroatoms. The van der Waals surface area contributed by atoms with Gasteiger partial charge in [0.2, 0.25) is 5.91 Å². The molecule has 1 aromatic carbocycles. The van der Waals surface area contributed by atoms with Crippen LogP contribution in [0.5, 0.6) is 11.5 Å². The van der Waals surface area contributed by atoms with Crippen LogP contribution in [0.4, 0.5) is 14.9 Å². The first-order valence-corrected chi connectivity index (χ1v) is 16.7. The highest BCUT2D eigenvalue weighted by atomic mass is 32.1. The number of likely N-dealkylation sites (tertiary alicyclic amines) is 1. The zero-order chi connectivity index (χ0) is 31.9. The summed E-state index contributed by atoms with van der Waals surface area (Å²) in [5, 5.41) is 5.78. The van der Waals surface area contributed by atoms with Gasteiger partial charge in [0.1, 0.15) is 5.75 Å². The standard InChI is InChI=1S/C35H42FN5O3S/c1-5-22(3)23(4)17-25(6-2)39-35(43)40-26-11-13-30(27(36)18-26)44-31-14-15-37-29-19-32(45-34(29)31)28-12-10-24(20-38-28)21-41-16-8-7-9-33(41)42/h10-15,18-20,22-23,25H,5-9,16-17,21H2,1-4H3,(H2,39,40,43). The molecule has 45 heavy (non-hydrogen) atoms. The molecule has 238 valence electrons. The van der Waals surface area contributed by atoms with E-state index in [1.54, 1.807) is 18.3 Å². The molecule has 3 amide bonds. The molecule has 8 nitrogen and oxygen atoms in total. The van der Waals surface area contributed by atoms with Gasteiger partial charge in [-0.1, -0.05) is 40.2 Å². The normalized spacial score (nSPS) is 15.5. The molecule has 3 atom stereocenters. The van der Waals surface area contributed by atoms with Crippen LogP contribution in [0.2, 0.25) is 0 Å². The number of benzene rings is 1. The Morgan fingerprint density at radius 2 is 1.89 bits per heavy atom. The van der Waals surface area contributed by atoms with Crippen molar-refractivity contribution in [3.63, 3.8) is 0 Å². The van der Waals surface area contributed by atoms with Gasteiger partial charge in [0, 0.05) is 55.8 Å². The lowest BCUT2D eigenvalue weighted by Crippen LogP contribution is -2.39. The van der Waals surface area contributed by atoms with Crippen LogP contribution in [0.1, 0.15) is 71.8 Å². The van der Waals surface area contributed by atoms with Crippen molar-refractivity contribution >= 4 is 39.2 Å². The summed E-state index contributed by atoms with van der Waals surface area (Å²) in [5.41, 5.74) is 2.85. The van der Waals surface area contributed by atoms with Crippen molar-refractivity contribution in [2.75, 3.05) is 11.9 Å².